The lowest BCUT2D eigenvalue weighted by molar-refractivity contribution is -0.128. The number of halogens is 1. The predicted molar refractivity (Wildman–Crippen MR) is 122 cm³/mol. The van der Waals surface area contributed by atoms with Crippen LogP contribution in [-0.4, -0.2) is 73.0 Å². The number of fused-ring (bicyclic) bond motifs is 1. The van der Waals surface area contributed by atoms with Crippen LogP contribution in [0.3, 0.4) is 0 Å². The van der Waals surface area contributed by atoms with Crippen molar-refractivity contribution >= 4 is 46.4 Å². The van der Waals surface area contributed by atoms with E-state index in [1.807, 2.05) is 27.6 Å². The summed E-state index contributed by atoms with van der Waals surface area (Å²) in [6.07, 6.45) is 3.55. The normalized spacial score (nSPS) is 22.7. The third kappa shape index (κ3) is 4.18. The van der Waals surface area contributed by atoms with E-state index < -0.39 is 0 Å². The van der Waals surface area contributed by atoms with Gasteiger partial charge in [-0.3, -0.25) is 9.59 Å². The summed E-state index contributed by atoms with van der Waals surface area (Å²) >= 11 is 8.31. The number of methoxy groups -OCH3 is 1. The quantitative estimate of drug-likeness (QED) is 0.679. The van der Waals surface area contributed by atoms with E-state index in [1.54, 1.807) is 13.2 Å². The van der Waals surface area contributed by atoms with Gasteiger partial charge in [-0.15, -0.1) is 0 Å². The van der Waals surface area contributed by atoms with Gasteiger partial charge in [-0.2, -0.15) is 11.8 Å². The Hall–Kier alpha value is -2.12. The lowest BCUT2D eigenvalue weighted by Crippen LogP contribution is -2.37. The van der Waals surface area contributed by atoms with E-state index in [4.69, 9.17) is 16.3 Å². The molecule has 8 heteroatoms. The summed E-state index contributed by atoms with van der Waals surface area (Å²) in [4.78, 5) is 28.4. The summed E-state index contributed by atoms with van der Waals surface area (Å²) in [5, 5.41) is 3.90. The van der Waals surface area contributed by atoms with Crippen LogP contribution < -0.4 is 10.1 Å². The van der Waals surface area contributed by atoms with Crippen LogP contribution in [0.4, 0.5) is 5.69 Å². The molecule has 2 unspecified atom stereocenters. The second-order valence-corrected chi connectivity index (χ2v) is 9.33. The zero-order valence-electron chi connectivity index (χ0n) is 17.0. The number of likely N-dealkylation sites (tertiary alicyclic amines) is 2. The van der Waals surface area contributed by atoms with Crippen molar-refractivity contribution in [2.75, 3.05) is 56.7 Å². The molecule has 2 amide bonds. The lowest BCUT2D eigenvalue weighted by atomic mass is 10.0. The Balaban J connectivity index is 1.38. The second kappa shape index (κ2) is 8.94. The van der Waals surface area contributed by atoms with Crippen molar-refractivity contribution in [3.05, 3.63) is 41.4 Å². The molecule has 0 aromatic heterocycles. The van der Waals surface area contributed by atoms with Gasteiger partial charge in [0.1, 0.15) is 5.75 Å². The molecule has 0 aliphatic carbocycles. The largest absolute Gasteiger partial charge is 0.495 e. The maximum absolute atomic E-state index is 12.8. The Morgan fingerprint density at radius 3 is 2.57 bits per heavy atom. The van der Waals surface area contributed by atoms with Crippen LogP contribution in [0.2, 0.25) is 5.02 Å². The van der Waals surface area contributed by atoms with Gasteiger partial charge in [0.2, 0.25) is 11.8 Å². The highest BCUT2D eigenvalue weighted by Crippen LogP contribution is 2.38. The smallest absolute Gasteiger partial charge is 0.245 e. The molecule has 160 valence electrons. The van der Waals surface area contributed by atoms with Crippen LogP contribution in [0, 0.1) is 11.8 Å². The van der Waals surface area contributed by atoms with Crippen molar-refractivity contribution in [3.63, 3.8) is 0 Å². The molecule has 2 atom stereocenters. The van der Waals surface area contributed by atoms with Crippen LogP contribution in [0.25, 0.3) is 5.57 Å². The lowest BCUT2D eigenvalue weighted by Gasteiger charge is -2.22. The number of ether oxygens (including phenoxy) is 1. The second-order valence-electron chi connectivity index (χ2n) is 7.90. The van der Waals surface area contributed by atoms with Gasteiger partial charge >= 0.3 is 0 Å². The fourth-order valence-corrected chi connectivity index (χ4v) is 5.68. The van der Waals surface area contributed by atoms with Crippen LogP contribution >= 0.6 is 23.4 Å². The zero-order chi connectivity index (χ0) is 21.3. The molecule has 3 aliphatic heterocycles. The highest BCUT2D eigenvalue weighted by molar-refractivity contribution is 8.00. The minimum Gasteiger partial charge on any atom is -0.495 e. The summed E-state index contributed by atoms with van der Waals surface area (Å²) in [5.74, 6) is 3.28. The molecule has 0 saturated carbocycles. The average molecular weight is 448 g/mol. The number of benzene rings is 1. The Morgan fingerprint density at radius 1 is 1.27 bits per heavy atom. The number of nitrogens with zero attached hydrogens (tertiary/aromatic N) is 2. The predicted octanol–water partition coefficient (Wildman–Crippen LogP) is 2.99. The van der Waals surface area contributed by atoms with Gasteiger partial charge in [0, 0.05) is 55.6 Å². The molecule has 2 saturated heterocycles. The minimum atomic E-state index is -0.0228. The van der Waals surface area contributed by atoms with E-state index in [9.17, 15) is 9.59 Å². The van der Waals surface area contributed by atoms with Gasteiger partial charge in [-0.05, 0) is 23.3 Å². The van der Waals surface area contributed by atoms with Crippen LogP contribution in [0.1, 0.15) is 5.56 Å². The molecular weight excluding hydrogens is 422 g/mol. The Labute approximate surface area is 186 Å². The van der Waals surface area contributed by atoms with E-state index in [2.05, 4.69) is 18.0 Å². The minimum absolute atomic E-state index is 0.0228. The number of thioether (sulfide) groups is 1. The van der Waals surface area contributed by atoms with Gasteiger partial charge in [0.05, 0.1) is 24.4 Å². The highest BCUT2D eigenvalue weighted by atomic mass is 35.5. The molecule has 3 heterocycles. The molecule has 1 aromatic rings. The third-order valence-electron chi connectivity index (χ3n) is 6.10. The Morgan fingerprint density at radius 2 is 1.97 bits per heavy atom. The van der Waals surface area contributed by atoms with Crippen molar-refractivity contribution in [3.8, 4) is 5.75 Å². The van der Waals surface area contributed by atoms with Crippen LogP contribution in [-0.2, 0) is 9.59 Å². The van der Waals surface area contributed by atoms with Gasteiger partial charge in [0.15, 0.2) is 0 Å². The number of carbonyl (C=O) groups is 2. The van der Waals surface area contributed by atoms with Crippen molar-refractivity contribution in [1.29, 1.82) is 0 Å². The number of anilines is 1. The topological polar surface area (TPSA) is 61.9 Å². The molecule has 0 bridgehead atoms. The first-order valence-corrected chi connectivity index (χ1v) is 11.6. The molecule has 0 spiro atoms. The standard InChI is InChI=1S/C22H26ClN3O3S/c1-3-21(27)25-9-15-11-26(12-16(15)10-25)22(28)8-24-19-6-17(14-4-5-30-13-14)18(23)7-20(19)29-2/h3-4,6-7,15-16,24H,1,5,8-13H2,2H3. The maximum atomic E-state index is 12.8. The number of carbonyl (C=O) groups excluding carboxylic acids is 2. The highest BCUT2D eigenvalue weighted by Gasteiger charge is 2.42. The molecule has 2 fully saturated rings. The molecule has 1 N–H and O–H groups in total. The van der Waals surface area contributed by atoms with Gasteiger partial charge < -0.3 is 19.9 Å². The summed E-state index contributed by atoms with van der Waals surface area (Å²) < 4.78 is 5.47. The molecule has 30 heavy (non-hydrogen) atoms. The fourth-order valence-electron chi connectivity index (χ4n) is 4.47. The fraction of sp³-hybridized carbons (Fsp3) is 0.455. The van der Waals surface area contributed by atoms with Gasteiger partial charge in [-0.1, -0.05) is 24.3 Å². The number of nitrogens with one attached hydrogen (secondary N) is 1. The first-order chi connectivity index (χ1) is 14.5. The van der Waals surface area contributed by atoms with E-state index in [-0.39, 0.29) is 18.4 Å². The monoisotopic (exact) mass is 447 g/mol. The average Bonchev–Trinajstić information content (AvgIpc) is 3.48. The third-order valence-corrected chi connectivity index (χ3v) is 7.33. The summed E-state index contributed by atoms with van der Waals surface area (Å²) in [6.45, 7) is 6.55. The zero-order valence-corrected chi connectivity index (χ0v) is 18.6. The SMILES string of the molecule is C=CC(=O)N1CC2CN(C(=O)CNc3cc(C4=CCSC4)c(Cl)cc3OC)CC2C1. The van der Waals surface area contributed by atoms with Gasteiger partial charge in [-0.25, -0.2) is 0 Å². The van der Waals surface area contributed by atoms with Crippen molar-refractivity contribution in [2.24, 2.45) is 11.8 Å². The first kappa shape index (κ1) is 21.1. The van der Waals surface area contributed by atoms with Crippen LogP contribution in [0.5, 0.6) is 5.75 Å². The maximum Gasteiger partial charge on any atom is 0.245 e. The number of hydrogen-bond donors (Lipinski definition) is 1. The van der Waals surface area contributed by atoms with Gasteiger partial charge in [0.25, 0.3) is 0 Å². The number of hydrogen-bond acceptors (Lipinski definition) is 5. The molecular formula is C22H26ClN3O3S. The Bertz CT molecular complexity index is 890. The van der Waals surface area contributed by atoms with E-state index in [1.165, 1.54) is 11.6 Å². The molecule has 4 rings (SSSR count). The van der Waals surface area contributed by atoms with E-state index >= 15 is 0 Å². The first-order valence-electron chi connectivity index (χ1n) is 10.1. The van der Waals surface area contributed by atoms with E-state index in [0.29, 0.717) is 48.8 Å². The number of rotatable bonds is 6. The summed E-state index contributed by atoms with van der Waals surface area (Å²) in [7, 11) is 1.60. The van der Waals surface area contributed by atoms with Crippen molar-refractivity contribution in [1.82, 2.24) is 9.80 Å². The van der Waals surface area contributed by atoms with Crippen LogP contribution in [0.15, 0.2) is 30.9 Å². The Kier molecular flexibility index (Phi) is 6.29. The van der Waals surface area contributed by atoms with Crippen molar-refractivity contribution in [2.45, 2.75) is 0 Å². The molecule has 6 nitrogen and oxygen atoms in total. The summed E-state index contributed by atoms with van der Waals surface area (Å²) in [5.41, 5.74) is 2.97. The van der Waals surface area contributed by atoms with E-state index in [0.717, 1.165) is 22.8 Å². The molecule has 3 aliphatic rings. The van der Waals surface area contributed by atoms with Crippen molar-refractivity contribution < 1.29 is 14.3 Å². The summed E-state index contributed by atoms with van der Waals surface area (Å²) in [6, 6.07) is 3.78. The molecule has 0 radical (unpaired) electrons. The number of amides is 2. The molecule has 1 aromatic carbocycles.